The predicted molar refractivity (Wildman–Crippen MR) is 137 cm³/mol. The minimum atomic E-state index is -0.732. The molecule has 0 spiro atoms. The minimum absolute atomic E-state index is 0.447. The maximum absolute atomic E-state index is 12.4. The van der Waals surface area contributed by atoms with E-state index in [0.717, 1.165) is 30.9 Å². The standard InChI is InChI=1S/C29H42O5/c1-4-6-8-10-12-22-31-25-14-18-27(19-15-25)33-24(3)29(30)34-28-20-16-26(17-21-28)32-23-13-11-9-7-5-2/h14-21,24H,4-13,22-23H2,1-3H3/t24-/m0/s1. The van der Waals surface area contributed by atoms with Gasteiger partial charge in [0.2, 0.25) is 0 Å². The first kappa shape index (κ1) is 27.6. The Hall–Kier alpha value is -2.69. The number of ether oxygens (including phenoxy) is 4. The van der Waals surface area contributed by atoms with Crippen molar-refractivity contribution in [3.63, 3.8) is 0 Å². The van der Waals surface area contributed by atoms with Crippen molar-refractivity contribution in [2.24, 2.45) is 0 Å². The van der Waals surface area contributed by atoms with Gasteiger partial charge in [-0.15, -0.1) is 0 Å². The third-order valence-electron chi connectivity index (χ3n) is 5.54. The highest BCUT2D eigenvalue weighted by Gasteiger charge is 2.17. The van der Waals surface area contributed by atoms with Gasteiger partial charge in [0.05, 0.1) is 13.2 Å². The zero-order valence-corrected chi connectivity index (χ0v) is 21.2. The smallest absolute Gasteiger partial charge is 0.352 e. The highest BCUT2D eigenvalue weighted by Crippen LogP contribution is 2.21. The third-order valence-corrected chi connectivity index (χ3v) is 5.54. The van der Waals surface area contributed by atoms with E-state index < -0.39 is 12.1 Å². The van der Waals surface area contributed by atoms with Crippen LogP contribution in [0.2, 0.25) is 0 Å². The van der Waals surface area contributed by atoms with Gasteiger partial charge in [0, 0.05) is 0 Å². The maximum Gasteiger partial charge on any atom is 0.352 e. The van der Waals surface area contributed by atoms with Crippen LogP contribution in [0.3, 0.4) is 0 Å². The van der Waals surface area contributed by atoms with E-state index in [1.807, 2.05) is 36.4 Å². The molecule has 0 aliphatic rings. The lowest BCUT2D eigenvalue weighted by atomic mass is 10.2. The minimum Gasteiger partial charge on any atom is -0.494 e. The van der Waals surface area contributed by atoms with Crippen LogP contribution in [0, 0.1) is 0 Å². The van der Waals surface area contributed by atoms with Crippen LogP contribution in [0.4, 0.5) is 0 Å². The molecule has 5 nitrogen and oxygen atoms in total. The number of hydrogen-bond donors (Lipinski definition) is 0. The molecule has 5 heteroatoms. The molecule has 0 heterocycles. The van der Waals surface area contributed by atoms with Gasteiger partial charge < -0.3 is 18.9 Å². The van der Waals surface area contributed by atoms with E-state index in [0.29, 0.717) is 18.1 Å². The van der Waals surface area contributed by atoms with Crippen molar-refractivity contribution in [3.05, 3.63) is 48.5 Å². The second-order valence-electron chi connectivity index (χ2n) is 8.65. The van der Waals surface area contributed by atoms with Crippen molar-refractivity contribution in [2.45, 2.75) is 91.1 Å². The zero-order valence-electron chi connectivity index (χ0n) is 21.2. The summed E-state index contributed by atoms with van der Waals surface area (Å²) in [5.74, 6) is 2.21. The van der Waals surface area contributed by atoms with E-state index in [1.165, 1.54) is 51.4 Å². The summed E-state index contributed by atoms with van der Waals surface area (Å²) in [7, 11) is 0. The average molecular weight is 471 g/mol. The lowest BCUT2D eigenvalue weighted by Gasteiger charge is -2.14. The maximum atomic E-state index is 12.4. The number of hydrogen-bond acceptors (Lipinski definition) is 5. The average Bonchev–Trinajstić information content (AvgIpc) is 2.85. The summed E-state index contributed by atoms with van der Waals surface area (Å²) >= 11 is 0. The second-order valence-corrected chi connectivity index (χ2v) is 8.65. The Kier molecular flexibility index (Phi) is 13.7. The van der Waals surface area contributed by atoms with Gasteiger partial charge in [-0.2, -0.15) is 0 Å². The summed E-state index contributed by atoms with van der Waals surface area (Å²) in [6, 6.07) is 14.5. The number of rotatable bonds is 18. The fourth-order valence-corrected chi connectivity index (χ4v) is 3.46. The van der Waals surface area contributed by atoms with Crippen LogP contribution in [0.5, 0.6) is 23.0 Å². The Labute approximate surface area is 205 Å². The van der Waals surface area contributed by atoms with Gasteiger partial charge in [-0.05, 0) is 68.3 Å². The first-order valence-electron chi connectivity index (χ1n) is 13.0. The van der Waals surface area contributed by atoms with Gasteiger partial charge >= 0.3 is 5.97 Å². The Morgan fingerprint density at radius 3 is 1.50 bits per heavy atom. The number of carbonyl (C=O) groups excluding carboxylic acids is 1. The van der Waals surface area contributed by atoms with E-state index >= 15 is 0 Å². The molecule has 2 aromatic rings. The van der Waals surface area contributed by atoms with Crippen molar-refractivity contribution in [3.8, 4) is 23.0 Å². The Morgan fingerprint density at radius 1 is 0.618 bits per heavy atom. The largest absolute Gasteiger partial charge is 0.494 e. The molecule has 2 rings (SSSR count). The van der Waals surface area contributed by atoms with Gasteiger partial charge in [-0.3, -0.25) is 0 Å². The number of unbranched alkanes of at least 4 members (excludes halogenated alkanes) is 8. The van der Waals surface area contributed by atoms with E-state index in [1.54, 1.807) is 19.1 Å². The van der Waals surface area contributed by atoms with E-state index in [9.17, 15) is 4.79 Å². The fraction of sp³-hybridized carbons (Fsp3) is 0.552. The van der Waals surface area contributed by atoms with Gasteiger partial charge in [0.1, 0.15) is 23.0 Å². The molecule has 0 aromatic heterocycles. The molecular formula is C29H42O5. The first-order chi connectivity index (χ1) is 16.6. The summed E-state index contributed by atoms with van der Waals surface area (Å²) in [5, 5.41) is 0. The van der Waals surface area contributed by atoms with Crippen LogP contribution < -0.4 is 18.9 Å². The molecule has 0 N–H and O–H groups in total. The molecule has 0 unspecified atom stereocenters. The molecule has 0 saturated heterocycles. The van der Waals surface area contributed by atoms with Crippen LogP contribution in [-0.4, -0.2) is 25.3 Å². The summed E-state index contributed by atoms with van der Waals surface area (Å²) < 4.78 is 22.7. The summed E-state index contributed by atoms with van der Waals surface area (Å²) in [6.45, 7) is 7.53. The Morgan fingerprint density at radius 2 is 1.03 bits per heavy atom. The van der Waals surface area contributed by atoms with Crippen molar-refractivity contribution in [2.75, 3.05) is 13.2 Å². The zero-order chi connectivity index (χ0) is 24.4. The molecule has 0 saturated carbocycles. The molecule has 0 aliphatic carbocycles. The Bertz CT molecular complexity index is 785. The highest BCUT2D eigenvalue weighted by molar-refractivity contribution is 5.77. The topological polar surface area (TPSA) is 54.0 Å². The van der Waals surface area contributed by atoms with E-state index in [2.05, 4.69) is 13.8 Å². The first-order valence-corrected chi connectivity index (χ1v) is 13.0. The molecule has 2 aromatic carbocycles. The van der Waals surface area contributed by atoms with E-state index in [-0.39, 0.29) is 0 Å². The van der Waals surface area contributed by atoms with Crippen LogP contribution in [0.1, 0.15) is 85.0 Å². The number of carbonyl (C=O) groups is 1. The molecule has 0 amide bonds. The summed E-state index contributed by atoms with van der Waals surface area (Å²) in [4.78, 5) is 12.4. The van der Waals surface area contributed by atoms with Crippen LogP contribution in [0.15, 0.2) is 48.5 Å². The lowest BCUT2D eigenvalue weighted by molar-refractivity contribution is -0.141. The van der Waals surface area contributed by atoms with E-state index in [4.69, 9.17) is 18.9 Å². The summed E-state index contributed by atoms with van der Waals surface area (Å²) in [5.41, 5.74) is 0. The SMILES string of the molecule is CCCCCCCOc1ccc(OC(=O)[C@H](C)Oc2ccc(OCCCCCCC)cc2)cc1. The van der Waals surface area contributed by atoms with Gasteiger partial charge in [0.15, 0.2) is 6.10 Å². The molecule has 0 fully saturated rings. The molecule has 0 bridgehead atoms. The van der Waals surface area contributed by atoms with Crippen LogP contribution >= 0.6 is 0 Å². The third kappa shape index (κ3) is 11.4. The van der Waals surface area contributed by atoms with Crippen LogP contribution in [0.25, 0.3) is 0 Å². The quantitative estimate of drug-likeness (QED) is 0.127. The van der Waals surface area contributed by atoms with Gasteiger partial charge in [0.25, 0.3) is 0 Å². The molecule has 1 atom stereocenters. The number of benzene rings is 2. The number of esters is 1. The Balaban J connectivity index is 1.68. The van der Waals surface area contributed by atoms with Crippen molar-refractivity contribution in [1.82, 2.24) is 0 Å². The van der Waals surface area contributed by atoms with Crippen molar-refractivity contribution >= 4 is 5.97 Å². The lowest BCUT2D eigenvalue weighted by Crippen LogP contribution is -2.28. The van der Waals surface area contributed by atoms with Gasteiger partial charge in [-0.25, -0.2) is 4.79 Å². The molecule has 34 heavy (non-hydrogen) atoms. The molecular weight excluding hydrogens is 428 g/mol. The van der Waals surface area contributed by atoms with Gasteiger partial charge in [-0.1, -0.05) is 65.2 Å². The normalized spacial score (nSPS) is 11.6. The monoisotopic (exact) mass is 470 g/mol. The molecule has 0 aliphatic heterocycles. The highest BCUT2D eigenvalue weighted by atomic mass is 16.6. The second kappa shape index (κ2) is 16.9. The molecule has 188 valence electrons. The summed E-state index contributed by atoms with van der Waals surface area (Å²) in [6.07, 6.45) is 11.3. The van der Waals surface area contributed by atoms with Crippen LogP contribution in [-0.2, 0) is 4.79 Å². The predicted octanol–water partition coefficient (Wildman–Crippen LogP) is 7.76. The fourth-order valence-electron chi connectivity index (χ4n) is 3.46. The van der Waals surface area contributed by atoms with Crippen molar-refractivity contribution in [1.29, 1.82) is 0 Å². The van der Waals surface area contributed by atoms with Crippen molar-refractivity contribution < 1.29 is 23.7 Å². The molecule has 0 radical (unpaired) electrons.